The zero-order chi connectivity index (χ0) is 14.3. The average Bonchev–Trinajstić information content (AvgIpc) is 2.37. The molecule has 5 nitrogen and oxygen atoms in total. The van der Waals surface area contributed by atoms with Crippen LogP contribution >= 0.6 is 12.4 Å². The van der Waals surface area contributed by atoms with Gasteiger partial charge in [-0.2, -0.15) is 0 Å². The van der Waals surface area contributed by atoms with Crippen molar-refractivity contribution in [3.63, 3.8) is 0 Å². The Bertz CT molecular complexity index is 425. The Labute approximate surface area is 126 Å². The van der Waals surface area contributed by atoms with Gasteiger partial charge in [0.2, 0.25) is 5.91 Å². The Hall–Kier alpha value is -1.46. The first kappa shape index (κ1) is 18.5. The van der Waals surface area contributed by atoms with Crippen LogP contribution in [0.2, 0.25) is 0 Å². The molecule has 0 heterocycles. The van der Waals surface area contributed by atoms with Gasteiger partial charge >= 0.3 is 0 Å². The zero-order valence-electron chi connectivity index (χ0n) is 12.1. The molecule has 0 radical (unpaired) electrons. The van der Waals surface area contributed by atoms with E-state index in [0.29, 0.717) is 36.6 Å². The molecule has 0 aliphatic rings. The maximum atomic E-state index is 11.7. The first-order valence-corrected chi connectivity index (χ1v) is 6.43. The highest BCUT2D eigenvalue weighted by Gasteiger charge is 2.08. The molecule has 114 valence electrons. The number of hydrogen-bond acceptors (Lipinski definition) is 4. The number of carbonyl (C=O) groups excluding carboxylic acids is 1. The van der Waals surface area contributed by atoms with Crippen LogP contribution in [0, 0.1) is 0 Å². The number of halogens is 1. The second kappa shape index (κ2) is 9.44. The van der Waals surface area contributed by atoms with Gasteiger partial charge in [-0.25, -0.2) is 0 Å². The molecule has 1 unspecified atom stereocenters. The molecule has 0 aromatic heterocycles. The number of carbonyl (C=O) groups is 1. The van der Waals surface area contributed by atoms with Crippen molar-refractivity contribution in [2.24, 2.45) is 5.73 Å². The van der Waals surface area contributed by atoms with E-state index in [9.17, 15) is 4.79 Å². The van der Waals surface area contributed by atoms with E-state index < -0.39 is 0 Å². The van der Waals surface area contributed by atoms with Gasteiger partial charge in [0, 0.05) is 24.2 Å². The van der Waals surface area contributed by atoms with Crippen molar-refractivity contribution in [1.29, 1.82) is 0 Å². The fraction of sp³-hybridized carbons (Fsp3) is 0.500. The molecule has 0 spiro atoms. The minimum absolute atomic E-state index is 0. The van der Waals surface area contributed by atoms with Gasteiger partial charge in [-0.15, -0.1) is 12.4 Å². The molecule has 20 heavy (non-hydrogen) atoms. The van der Waals surface area contributed by atoms with Crippen LogP contribution in [0.4, 0.5) is 5.69 Å². The monoisotopic (exact) mass is 302 g/mol. The van der Waals surface area contributed by atoms with E-state index in [1.807, 2.05) is 13.8 Å². The highest BCUT2D eigenvalue weighted by molar-refractivity contribution is 5.91. The molecule has 1 aromatic rings. The van der Waals surface area contributed by atoms with Gasteiger partial charge in [0.05, 0.1) is 13.7 Å². The van der Waals surface area contributed by atoms with Crippen molar-refractivity contribution in [3.8, 4) is 11.5 Å². The van der Waals surface area contributed by atoms with E-state index in [1.165, 1.54) is 0 Å². The summed E-state index contributed by atoms with van der Waals surface area (Å²) in [4.78, 5) is 11.7. The van der Waals surface area contributed by atoms with Gasteiger partial charge in [-0.3, -0.25) is 4.79 Å². The zero-order valence-corrected chi connectivity index (χ0v) is 13.0. The lowest BCUT2D eigenvalue weighted by molar-refractivity contribution is -0.116. The van der Waals surface area contributed by atoms with Gasteiger partial charge < -0.3 is 20.5 Å². The summed E-state index contributed by atoms with van der Waals surface area (Å²) in [5, 5.41) is 2.82. The number of amides is 1. The molecular formula is C14H23ClN2O3. The number of methoxy groups -OCH3 is 1. The minimum Gasteiger partial charge on any atom is -0.493 e. The third-order valence-corrected chi connectivity index (χ3v) is 2.57. The van der Waals surface area contributed by atoms with Gasteiger partial charge in [0.1, 0.15) is 0 Å². The van der Waals surface area contributed by atoms with Crippen LogP contribution in [0.15, 0.2) is 18.2 Å². The minimum atomic E-state index is -0.0510. The number of anilines is 1. The number of benzene rings is 1. The molecule has 0 fully saturated rings. The molecule has 0 saturated heterocycles. The summed E-state index contributed by atoms with van der Waals surface area (Å²) >= 11 is 0. The van der Waals surface area contributed by atoms with Crippen molar-refractivity contribution in [3.05, 3.63) is 18.2 Å². The number of hydrogen-bond donors (Lipinski definition) is 2. The average molecular weight is 303 g/mol. The largest absolute Gasteiger partial charge is 0.493 e. The summed E-state index contributed by atoms with van der Waals surface area (Å²) < 4.78 is 10.6. The summed E-state index contributed by atoms with van der Waals surface area (Å²) in [5.41, 5.74) is 6.31. The molecule has 0 aliphatic carbocycles. The van der Waals surface area contributed by atoms with Crippen LogP contribution in [-0.4, -0.2) is 25.7 Å². The molecule has 0 aliphatic heterocycles. The quantitative estimate of drug-likeness (QED) is 0.812. The lowest BCUT2D eigenvalue weighted by Crippen LogP contribution is -2.19. The Morgan fingerprint density at radius 2 is 2.10 bits per heavy atom. The molecule has 6 heteroatoms. The van der Waals surface area contributed by atoms with Gasteiger partial charge in [0.25, 0.3) is 0 Å². The SMILES string of the molecule is CCOc1cc(NC(=O)CCC(C)N)ccc1OC.Cl. The third-order valence-electron chi connectivity index (χ3n) is 2.57. The number of nitrogens with two attached hydrogens (primary N) is 1. The Morgan fingerprint density at radius 1 is 1.40 bits per heavy atom. The summed E-state index contributed by atoms with van der Waals surface area (Å²) in [6.45, 7) is 4.32. The number of ether oxygens (including phenoxy) is 2. The van der Waals surface area contributed by atoms with E-state index >= 15 is 0 Å². The molecular weight excluding hydrogens is 280 g/mol. The van der Waals surface area contributed by atoms with E-state index in [2.05, 4.69) is 5.32 Å². The summed E-state index contributed by atoms with van der Waals surface area (Å²) in [6.07, 6.45) is 1.08. The predicted molar refractivity (Wildman–Crippen MR) is 82.9 cm³/mol. The molecule has 1 atom stereocenters. The van der Waals surface area contributed by atoms with Crippen molar-refractivity contribution >= 4 is 24.0 Å². The van der Waals surface area contributed by atoms with Crippen molar-refractivity contribution in [2.75, 3.05) is 19.0 Å². The van der Waals surface area contributed by atoms with Crippen LogP contribution in [0.5, 0.6) is 11.5 Å². The maximum absolute atomic E-state index is 11.7. The molecule has 0 bridgehead atoms. The summed E-state index contributed by atoms with van der Waals surface area (Å²) in [7, 11) is 1.58. The fourth-order valence-electron chi connectivity index (χ4n) is 1.61. The van der Waals surface area contributed by atoms with E-state index in [1.54, 1.807) is 25.3 Å². The topological polar surface area (TPSA) is 73.6 Å². The Balaban J connectivity index is 0.00000361. The van der Waals surface area contributed by atoms with Gasteiger partial charge in [-0.05, 0) is 32.4 Å². The molecule has 0 saturated carbocycles. The van der Waals surface area contributed by atoms with Crippen LogP contribution in [0.1, 0.15) is 26.7 Å². The highest BCUT2D eigenvalue weighted by Crippen LogP contribution is 2.30. The van der Waals surface area contributed by atoms with Crippen LogP contribution in [-0.2, 0) is 4.79 Å². The molecule has 1 amide bonds. The number of nitrogens with one attached hydrogen (secondary N) is 1. The fourth-order valence-corrected chi connectivity index (χ4v) is 1.61. The van der Waals surface area contributed by atoms with Crippen molar-refractivity contribution in [1.82, 2.24) is 0 Å². The van der Waals surface area contributed by atoms with Crippen LogP contribution in [0.25, 0.3) is 0 Å². The summed E-state index contributed by atoms with van der Waals surface area (Å²) in [6, 6.07) is 5.34. The maximum Gasteiger partial charge on any atom is 0.224 e. The van der Waals surface area contributed by atoms with E-state index in [-0.39, 0.29) is 24.4 Å². The first-order valence-electron chi connectivity index (χ1n) is 6.43. The van der Waals surface area contributed by atoms with Crippen molar-refractivity contribution < 1.29 is 14.3 Å². The third kappa shape index (κ3) is 6.12. The molecule has 1 rings (SSSR count). The number of rotatable bonds is 7. The lowest BCUT2D eigenvalue weighted by atomic mass is 10.2. The van der Waals surface area contributed by atoms with Crippen LogP contribution < -0.4 is 20.5 Å². The van der Waals surface area contributed by atoms with Crippen molar-refractivity contribution in [2.45, 2.75) is 32.7 Å². The first-order chi connectivity index (χ1) is 9.06. The molecule has 1 aromatic carbocycles. The van der Waals surface area contributed by atoms with E-state index in [4.69, 9.17) is 15.2 Å². The predicted octanol–water partition coefficient (Wildman–Crippen LogP) is 2.58. The van der Waals surface area contributed by atoms with Crippen LogP contribution in [0.3, 0.4) is 0 Å². The highest BCUT2D eigenvalue weighted by atomic mass is 35.5. The summed E-state index contributed by atoms with van der Waals surface area (Å²) in [5.74, 6) is 1.22. The Kier molecular flexibility index (Phi) is 8.76. The second-order valence-electron chi connectivity index (χ2n) is 4.36. The van der Waals surface area contributed by atoms with Gasteiger partial charge in [-0.1, -0.05) is 0 Å². The normalized spacial score (nSPS) is 11.2. The van der Waals surface area contributed by atoms with E-state index in [0.717, 1.165) is 0 Å². The standard InChI is InChI=1S/C14H22N2O3.ClH/c1-4-19-13-9-11(6-7-12(13)18-3)16-14(17)8-5-10(2)15;/h6-7,9-10H,4-5,8,15H2,1-3H3,(H,16,17);1H. The smallest absolute Gasteiger partial charge is 0.224 e. The molecule has 3 N–H and O–H groups in total. The lowest BCUT2D eigenvalue weighted by Gasteiger charge is -2.12. The van der Waals surface area contributed by atoms with Gasteiger partial charge in [0.15, 0.2) is 11.5 Å². The Morgan fingerprint density at radius 3 is 2.65 bits per heavy atom. The second-order valence-corrected chi connectivity index (χ2v) is 4.36.